The second-order valence-electron chi connectivity index (χ2n) is 5.53. The third-order valence-corrected chi connectivity index (χ3v) is 3.95. The van der Waals surface area contributed by atoms with Gasteiger partial charge in [-0.1, -0.05) is 29.8 Å². The monoisotopic (exact) mass is 305 g/mol. The number of hydrogen-bond donors (Lipinski definition) is 0. The summed E-state index contributed by atoms with van der Waals surface area (Å²) in [6.07, 6.45) is 0. The van der Waals surface area contributed by atoms with Gasteiger partial charge in [0.25, 0.3) is 0 Å². The van der Waals surface area contributed by atoms with Crippen molar-refractivity contribution in [2.24, 2.45) is 0 Å². The molecule has 0 atom stereocenters. The molecule has 5 heteroatoms. The fraction of sp³-hybridized carbons (Fsp3) is 0.222. The number of fused-ring (bicyclic) bond motifs is 2. The fourth-order valence-corrected chi connectivity index (χ4v) is 2.82. The van der Waals surface area contributed by atoms with Crippen LogP contribution < -0.4 is 9.47 Å². The first-order valence-electron chi connectivity index (χ1n) is 7.50. The van der Waals surface area contributed by atoms with Crippen molar-refractivity contribution in [3.8, 4) is 29.0 Å². The Morgan fingerprint density at radius 2 is 1.83 bits per heavy atom. The highest BCUT2D eigenvalue weighted by Gasteiger charge is 2.18. The normalized spacial score (nSPS) is 13.0. The third-order valence-electron chi connectivity index (χ3n) is 3.95. The van der Waals surface area contributed by atoms with Gasteiger partial charge in [0, 0.05) is 17.7 Å². The van der Waals surface area contributed by atoms with Crippen LogP contribution in [0.4, 0.5) is 0 Å². The molecule has 0 bridgehead atoms. The van der Waals surface area contributed by atoms with Crippen LogP contribution in [0.25, 0.3) is 22.4 Å². The van der Waals surface area contributed by atoms with Gasteiger partial charge < -0.3 is 14.0 Å². The van der Waals surface area contributed by atoms with Gasteiger partial charge in [0.2, 0.25) is 0 Å². The van der Waals surface area contributed by atoms with Crippen molar-refractivity contribution in [2.45, 2.75) is 13.5 Å². The SMILES string of the molecule is Cc1ccc(-c2nc3cc4c(cc3n2CC#N)OCCO4)cc1. The maximum absolute atomic E-state index is 9.20. The van der Waals surface area contributed by atoms with E-state index >= 15 is 0 Å². The van der Waals surface area contributed by atoms with E-state index in [0.29, 0.717) is 24.7 Å². The lowest BCUT2D eigenvalue weighted by Gasteiger charge is -2.18. The Hall–Kier alpha value is -3.00. The predicted octanol–water partition coefficient (Wildman–Crippen LogP) is 3.31. The Kier molecular flexibility index (Phi) is 3.16. The molecule has 0 unspecified atom stereocenters. The molecule has 0 amide bonds. The highest BCUT2D eigenvalue weighted by atomic mass is 16.6. The fourth-order valence-electron chi connectivity index (χ4n) is 2.82. The second-order valence-corrected chi connectivity index (χ2v) is 5.53. The number of ether oxygens (including phenoxy) is 2. The van der Waals surface area contributed by atoms with Crippen LogP contribution in [0, 0.1) is 18.3 Å². The van der Waals surface area contributed by atoms with E-state index in [-0.39, 0.29) is 6.54 Å². The second kappa shape index (κ2) is 5.33. The third kappa shape index (κ3) is 2.29. The maximum atomic E-state index is 9.20. The molecule has 1 aliphatic heterocycles. The lowest BCUT2D eigenvalue weighted by atomic mass is 10.1. The Morgan fingerprint density at radius 3 is 2.52 bits per heavy atom. The lowest BCUT2D eigenvalue weighted by Crippen LogP contribution is -2.15. The zero-order valence-corrected chi connectivity index (χ0v) is 12.7. The molecule has 1 aliphatic rings. The number of benzene rings is 2. The quantitative estimate of drug-likeness (QED) is 0.729. The minimum absolute atomic E-state index is 0.235. The molecule has 0 aliphatic carbocycles. The van der Waals surface area contributed by atoms with Crippen molar-refractivity contribution in [3.05, 3.63) is 42.0 Å². The van der Waals surface area contributed by atoms with Gasteiger partial charge in [-0.25, -0.2) is 4.98 Å². The van der Waals surface area contributed by atoms with Gasteiger partial charge in [-0.3, -0.25) is 0 Å². The molecule has 0 N–H and O–H groups in total. The molecule has 0 saturated carbocycles. The summed E-state index contributed by atoms with van der Waals surface area (Å²) in [6, 6.07) is 14.1. The van der Waals surface area contributed by atoms with Crippen molar-refractivity contribution >= 4 is 11.0 Å². The first kappa shape index (κ1) is 13.6. The zero-order valence-electron chi connectivity index (χ0n) is 12.7. The van der Waals surface area contributed by atoms with E-state index in [1.165, 1.54) is 5.56 Å². The summed E-state index contributed by atoms with van der Waals surface area (Å²) in [5.74, 6) is 2.20. The highest BCUT2D eigenvalue weighted by Crippen LogP contribution is 2.36. The van der Waals surface area contributed by atoms with Crippen molar-refractivity contribution < 1.29 is 9.47 Å². The summed E-state index contributed by atoms with van der Waals surface area (Å²) in [7, 11) is 0. The summed E-state index contributed by atoms with van der Waals surface area (Å²) in [4.78, 5) is 4.72. The number of nitrogens with zero attached hydrogens (tertiary/aromatic N) is 3. The molecule has 0 spiro atoms. The molecule has 2 heterocycles. The van der Waals surface area contributed by atoms with Gasteiger partial charge in [0.05, 0.1) is 17.1 Å². The van der Waals surface area contributed by atoms with E-state index in [1.54, 1.807) is 0 Å². The number of rotatable bonds is 2. The number of aryl methyl sites for hydroxylation is 1. The van der Waals surface area contributed by atoms with Gasteiger partial charge in [-0.15, -0.1) is 0 Å². The average molecular weight is 305 g/mol. The van der Waals surface area contributed by atoms with Crippen LogP contribution in [0.2, 0.25) is 0 Å². The first-order chi connectivity index (χ1) is 11.3. The summed E-state index contributed by atoms with van der Waals surface area (Å²) in [5.41, 5.74) is 3.86. The molecule has 1 aromatic heterocycles. The lowest BCUT2D eigenvalue weighted by molar-refractivity contribution is 0.172. The molecular formula is C18H15N3O2. The Morgan fingerprint density at radius 1 is 1.13 bits per heavy atom. The van der Waals surface area contributed by atoms with E-state index < -0.39 is 0 Å². The Bertz CT molecular complexity index is 920. The van der Waals surface area contributed by atoms with Gasteiger partial charge >= 0.3 is 0 Å². The Labute approximate surface area is 133 Å². The van der Waals surface area contributed by atoms with E-state index in [4.69, 9.17) is 14.5 Å². The molecule has 2 aromatic carbocycles. The number of hydrogen-bond acceptors (Lipinski definition) is 4. The summed E-state index contributed by atoms with van der Waals surface area (Å²) < 4.78 is 13.2. The highest BCUT2D eigenvalue weighted by molar-refractivity contribution is 5.84. The summed E-state index contributed by atoms with van der Waals surface area (Å²) in [6.45, 7) is 3.36. The molecule has 0 radical (unpaired) electrons. The summed E-state index contributed by atoms with van der Waals surface area (Å²) >= 11 is 0. The van der Waals surface area contributed by atoms with Crippen molar-refractivity contribution in [1.82, 2.24) is 9.55 Å². The molecule has 4 rings (SSSR count). The van der Waals surface area contributed by atoms with Crippen molar-refractivity contribution in [3.63, 3.8) is 0 Å². The molecule has 3 aromatic rings. The van der Waals surface area contributed by atoms with E-state index in [1.807, 2.05) is 47.9 Å². The zero-order chi connectivity index (χ0) is 15.8. The smallest absolute Gasteiger partial charge is 0.163 e. The minimum Gasteiger partial charge on any atom is -0.486 e. The van der Waals surface area contributed by atoms with Crippen LogP contribution in [0.3, 0.4) is 0 Å². The maximum Gasteiger partial charge on any atom is 0.163 e. The predicted molar refractivity (Wildman–Crippen MR) is 86.5 cm³/mol. The van der Waals surface area contributed by atoms with Gasteiger partial charge in [-0.2, -0.15) is 5.26 Å². The van der Waals surface area contributed by atoms with Crippen LogP contribution in [0.1, 0.15) is 5.56 Å². The largest absolute Gasteiger partial charge is 0.486 e. The molecule has 0 fully saturated rings. The van der Waals surface area contributed by atoms with Crippen LogP contribution in [0.5, 0.6) is 11.5 Å². The molecule has 23 heavy (non-hydrogen) atoms. The van der Waals surface area contributed by atoms with Gasteiger partial charge in [0.1, 0.15) is 25.6 Å². The van der Waals surface area contributed by atoms with Crippen LogP contribution in [-0.2, 0) is 6.54 Å². The van der Waals surface area contributed by atoms with Crippen LogP contribution >= 0.6 is 0 Å². The molecule has 114 valence electrons. The van der Waals surface area contributed by atoms with Crippen molar-refractivity contribution in [2.75, 3.05) is 13.2 Å². The van der Waals surface area contributed by atoms with Crippen LogP contribution in [-0.4, -0.2) is 22.8 Å². The minimum atomic E-state index is 0.235. The standard InChI is InChI=1S/C18H15N3O2/c1-12-2-4-13(5-3-12)18-20-14-10-16-17(23-9-8-22-16)11-15(14)21(18)7-6-19/h2-5,10-11H,7-9H2,1H3. The average Bonchev–Trinajstić information content (AvgIpc) is 2.92. The first-order valence-corrected chi connectivity index (χ1v) is 7.50. The van der Waals surface area contributed by atoms with Gasteiger partial charge in [-0.05, 0) is 6.92 Å². The van der Waals surface area contributed by atoms with Gasteiger partial charge in [0.15, 0.2) is 11.5 Å². The molecule has 0 saturated heterocycles. The topological polar surface area (TPSA) is 60.1 Å². The molecule has 5 nitrogen and oxygen atoms in total. The summed E-state index contributed by atoms with van der Waals surface area (Å²) in [5, 5.41) is 9.20. The number of aromatic nitrogens is 2. The van der Waals surface area contributed by atoms with E-state index in [0.717, 1.165) is 22.4 Å². The number of nitriles is 1. The number of imidazole rings is 1. The van der Waals surface area contributed by atoms with E-state index in [9.17, 15) is 5.26 Å². The van der Waals surface area contributed by atoms with Crippen LogP contribution in [0.15, 0.2) is 36.4 Å². The molecular weight excluding hydrogens is 290 g/mol. The van der Waals surface area contributed by atoms with E-state index in [2.05, 4.69) is 6.07 Å². The Balaban J connectivity index is 1.94. The van der Waals surface area contributed by atoms with Crippen molar-refractivity contribution in [1.29, 1.82) is 5.26 Å².